The molecule has 0 aliphatic heterocycles. The molecule has 0 amide bonds. The fourth-order valence-electron chi connectivity index (χ4n) is 4.12. The van der Waals surface area contributed by atoms with Crippen LogP contribution in [0.2, 0.25) is 0 Å². The number of unbranched alkanes of at least 4 members (excludes halogenated alkanes) is 1. The van der Waals surface area contributed by atoms with Gasteiger partial charge in [0.15, 0.2) is 0 Å². The van der Waals surface area contributed by atoms with Crippen molar-refractivity contribution in [1.29, 1.82) is 0 Å². The minimum atomic E-state index is -1.05. The van der Waals surface area contributed by atoms with E-state index >= 15 is 0 Å². The van der Waals surface area contributed by atoms with Gasteiger partial charge >= 0.3 is 35.8 Å². The van der Waals surface area contributed by atoms with Crippen molar-refractivity contribution in [2.24, 2.45) is 0 Å². The van der Waals surface area contributed by atoms with Crippen molar-refractivity contribution in [3.05, 3.63) is 68.8 Å². The summed E-state index contributed by atoms with van der Waals surface area (Å²) in [6, 6.07) is 5.97. The predicted molar refractivity (Wildman–Crippen MR) is 138 cm³/mol. The number of ether oxygens (including phenoxy) is 6. The molecule has 0 radical (unpaired) electrons. The summed E-state index contributed by atoms with van der Waals surface area (Å²) in [6.45, 7) is 0. The van der Waals surface area contributed by atoms with Gasteiger partial charge in [-0.1, -0.05) is 6.07 Å². The van der Waals surface area contributed by atoms with E-state index in [9.17, 15) is 28.8 Å². The molecule has 0 fully saturated rings. The number of esters is 6. The maximum absolute atomic E-state index is 12.8. The molecule has 0 bridgehead atoms. The Kier molecular flexibility index (Phi) is 11.4. The normalized spacial score (nSPS) is 10.2. The van der Waals surface area contributed by atoms with E-state index in [2.05, 4.69) is 0 Å². The van der Waals surface area contributed by atoms with Crippen LogP contribution < -0.4 is 0 Å². The first-order chi connectivity index (χ1) is 19.1. The van der Waals surface area contributed by atoms with Gasteiger partial charge in [-0.15, -0.1) is 0 Å². The summed E-state index contributed by atoms with van der Waals surface area (Å²) in [6.07, 6.45) is 1.62. The third-order valence-electron chi connectivity index (χ3n) is 6.04. The molecule has 0 atom stereocenters. The maximum Gasteiger partial charge on any atom is 0.339 e. The van der Waals surface area contributed by atoms with Gasteiger partial charge < -0.3 is 28.4 Å². The van der Waals surface area contributed by atoms with Crippen LogP contribution >= 0.6 is 0 Å². The first-order valence-electron chi connectivity index (χ1n) is 11.9. The van der Waals surface area contributed by atoms with Crippen LogP contribution in [0.4, 0.5) is 0 Å². The second kappa shape index (κ2) is 14.4. The molecule has 2 rings (SSSR count). The molecule has 0 aromatic heterocycles. The quantitative estimate of drug-likeness (QED) is 0.226. The Bertz CT molecular complexity index is 1330. The summed E-state index contributed by atoms with van der Waals surface area (Å²) in [5.74, 6) is -5.31. The number of carbonyl (C=O) groups is 6. The van der Waals surface area contributed by atoms with E-state index in [4.69, 9.17) is 28.4 Å². The summed E-state index contributed by atoms with van der Waals surface area (Å²) in [5, 5.41) is 0. The summed E-state index contributed by atoms with van der Waals surface area (Å²) in [4.78, 5) is 75.0. The minimum absolute atomic E-state index is 0.0590. The number of methoxy groups -OCH3 is 6. The van der Waals surface area contributed by atoms with E-state index in [-0.39, 0.29) is 34.2 Å². The highest BCUT2D eigenvalue weighted by Crippen LogP contribution is 2.29. The lowest BCUT2D eigenvalue weighted by molar-refractivity contribution is 0.0520. The van der Waals surface area contributed by atoms with E-state index < -0.39 is 46.9 Å². The molecule has 0 saturated carbocycles. The molecule has 12 heteroatoms. The Morgan fingerprint density at radius 1 is 0.475 bits per heavy atom. The molecule has 0 saturated heterocycles. The summed E-state index contributed by atoms with van der Waals surface area (Å²) in [7, 11) is 6.72. The molecular weight excluding hydrogens is 528 g/mol. The largest absolute Gasteiger partial charge is 0.465 e. The van der Waals surface area contributed by atoms with Gasteiger partial charge in [0, 0.05) is 0 Å². The molecular formula is C28H30O12. The van der Waals surface area contributed by atoms with Gasteiger partial charge in [0.05, 0.1) is 76.0 Å². The van der Waals surface area contributed by atoms with Crippen molar-refractivity contribution in [3.63, 3.8) is 0 Å². The molecule has 0 aliphatic rings. The van der Waals surface area contributed by atoms with Gasteiger partial charge in [-0.05, 0) is 55.0 Å². The predicted octanol–water partition coefficient (Wildman–Crippen LogP) is 2.97. The third kappa shape index (κ3) is 6.82. The molecule has 0 heterocycles. The maximum atomic E-state index is 12.8. The summed E-state index contributed by atoms with van der Waals surface area (Å²) in [5.41, 5.74) is -0.367. The van der Waals surface area contributed by atoms with E-state index in [1.54, 1.807) is 6.07 Å². The number of carbonyl (C=O) groups excluding carboxylic acids is 6. The standard InChI is InChI=1S/C28H30O12/c1-35-23(29)17-12-11-15(13-18(17)24(30)36-2)9-7-8-10-16-14-19(25(31)37-3)21(27(33)39-5)22(28(34)40-6)20(16)26(32)38-4/h11-14H,7-10H2,1-6H3. The summed E-state index contributed by atoms with van der Waals surface area (Å²) >= 11 is 0. The molecule has 0 spiro atoms. The van der Waals surface area contributed by atoms with Crippen molar-refractivity contribution in [2.45, 2.75) is 25.7 Å². The van der Waals surface area contributed by atoms with Gasteiger partial charge in [0.2, 0.25) is 0 Å². The average Bonchev–Trinajstić information content (AvgIpc) is 2.99. The highest BCUT2D eigenvalue weighted by molar-refractivity contribution is 6.15. The van der Waals surface area contributed by atoms with Crippen LogP contribution in [0.1, 0.15) is 86.1 Å². The lowest BCUT2D eigenvalue weighted by Crippen LogP contribution is -2.24. The minimum Gasteiger partial charge on any atom is -0.465 e. The highest BCUT2D eigenvalue weighted by atomic mass is 16.5. The van der Waals surface area contributed by atoms with Gasteiger partial charge in [-0.3, -0.25) is 0 Å². The smallest absolute Gasteiger partial charge is 0.339 e. The van der Waals surface area contributed by atoms with Gasteiger partial charge in [-0.25, -0.2) is 28.8 Å². The third-order valence-corrected chi connectivity index (χ3v) is 6.04. The highest BCUT2D eigenvalue weighted by Gasteiger charge is 2.34. The number of hydrogen-bond donors (Lipinski definition) is 0. The van der Waals surface area contributed by atoms with Crippen molar-refractivity contribution in [1.82, 2.24) is 0 Å². The van der Waals surface area contributed by atoms with Gasteiger partial charge in [0.25, 0.3) is 0 Å². The Labute approximate surface area is 230 Å². The molecule has 2 aromatic rings. The topological polar surface area (TPSA) is 158 Å². The monoisotopic (exact) mass is 558 g/mol. The Morgan fingerprint density at radius 3 is 1.48 bits per heavy atom. The Morgan fingerprint density at radius 2 is 0.925 bits per heavy atom. The van der Waals surface area contributed by atoms with E-state index in [0.29, 0.717) is 19.3 Å². The van der Waals surface area contributed by atoms with Crippen molar-refractivity contribution >= 4 is 35.8 Å². The molecule has 0 unspecified atom stereocenters. The van der Waals surface area contributed by atoms with Crippen LogP contribution in [0.3, 0.4) is 0 Å². The number of benzene rings is 2. The van der Waals surface area contributed by atoms with E-state index in [0.717, 1.165) is 34.0 Å². The molecule has 40 heavy (non-hydrogen) atoms. The summed E-state index contributed by atoms with van der Waals surface area (Å²) < 4.78 is 28.7. The molecule has 214 valence electrons. The second-order valence-electron chi connectivity index (χ2n) is 8.24. The molecule has 2 aromatic carbocycles. The van der Waals surface area contributed by atoms with Crippen LogP contribution in [0.5, 0.6) is 0 Å². The Balaban J connectivity index is 2.48. The molecule has 0 N–H and O–H groups in total. The van der Waals surface area contributed by atoms with Crippen molar-refractivity contribution < 1.29 is 57.2 Å². The van der Waals surface area contributed by atoms with Crippen molar-refractivity contribution in [3.8, 4) is 0 Å². The average molecular weight is 559 g/mol. The lowest BCUT2D eigenvalue weighted by atomic mass is 9.88. The first kappa shape index (κ1) is 31.5. The van der Waals surface area contributed by atoms with Gasteiger partial charge in [-0.2, -0.15) is 0 Å². The molecule has 12 nitrogen and oxygen atoms in total. The second-order valence-corrected chi connectivity index (χ2v) is 8.24. The Hall–Kier alpha value is -4.74. The van der Waals surface area contributed by atoms with E-state index in [1.165, 1.54) is 32.4 Å². The first-order valence-corrected chi connectivity index (χ1v) is 11.9. The van der Waals surface area contributed by atoms with Crippen LogP contribution in [-0.2, 0) is 41.3 Å². The van der Waals surface area contributed by atoms with Crippen LogP contribution in [0.25, 0.3) is 0 Å². The van der Waals surface area contributed by atoms with Gasteiger partial charge in [0.1, 0.15) is 0 Å². The molecule has 0 aliphatic carbocycles. The number of hydrogen-bond acceptors (Lipinski definition) is 12. The van der Waals surface area contributed by atoms with E-state index in [1.807, 2.05) is 0 Å². The number of aryl methyl sites for hydroxylation is 2. The fourth-order valence-corrected chi connectivity index (χ4v) is 4.12. The van der Waals surface area contributed by atoms with Crippen LogP contribution in [0, 0.1) is 0 Å². The van der Waals surface area contributed by atoms with Crippen LogP contribution in [-0.4, -0.2) is 78.5 Å². The van der Waals surface area contributed by atoms with Crippen LogP contribution in [0.15, 0.2) is 24.3 Å². The fraction of sp³-hybridized carbons (Fsp3) is 0.357. The SMILES string of the molecule is COC(=O)c1ccc(CCCCc2cc(C(=O)OC)c(C(=O)OC)c(C(=O)OC)c2C(=O)OC)cc1C(=O)OC. The zero-order chi connectivity index (χ0) is 30.0. The lowest BCUT2D eigenvalue weighted by Gasteiger charge is -2.18. The zero-order valence-corrected chi connectivity index (χ0v) is 23.0. The van der Waals surface area contributed by atoms with Crippen molar-refractivity contribution in [2.75, 3.05) is 42.7 Å². The number of rotatable bonds is 11. The zero-order valence-electron chi connectivity index (χ0n) is 23.0.